The Morgan fingerprint density at radius 2 is 1.83 bits per heavy atom. The molecule has 6 rings (SSSR count). The number of ether oxygens (including phenoxy) is 4. The lowest BCUT2D eigenvalue weighted by molar-refractivity contribution is -0.0165. The fraction of sp³-hybridized carbons (Fsp3) is 0.250. The van der Waals surface area contributed by atoms with Crippen LogP contribution in [0.15, 0.2) is 52.7 Å². The van der Waals surface area contributed by atoms with E-state index in [1.165, 1.54) is 11.1 Å². The number of benzene rings is 3. The predicted octanol–water partition coefficient (Wildman–Crippen LogP) is 5.90. The van der Waals surface area contributed by atoms with E-state index >= 15 is 0 Å². The Morgan fingerprint density at radius 1 is 1.00 bits per heavy atom. The Labute approximate surface area is 212 Å². The second-order valence-corrected chi connectivity index (χ2v) is 10.1. The molecule has 3 heterocycles. The predicted molar refractivity (Wildman–Crippen MR) is 134 cm³/mol. The average molecular weight is 534 g/mol. The molecular weight excluding hydrogens is 510 g/mol. The monoisotopic (exact) mass is 533 g/mol. The molecule has 35 heavy (non-hydrogen) atoms. The van der Waals surface area contributed by atoms with Gasteiger partial charge in [0.25, 0.3) is 0 Å². The molecular formula is C28H24BrNO5. The summed E-state index contributed by atoms with van der Waals surface area (Å²) in [4.78, 5) is 15.6. The van der Waals surface area contributed by atoms with Crippen LogP contribution in [0.1, 0.15) is 43.7 Å². The lowest BCUT2D eigenvalue weighted by Gasteiger charge is -2.30. The minimum Gasteiger partial charge on any atom is -0.477 e. The van der Waals surface area contributed by atoms with Gasteiger partial charge in [-0.1, -0.05) is 45.8 Å². The molecule has 0 atom stereocenters. The molecule has 0 aliphatic carbocycles. The topological polar surface area (TPSA) is 57.2 Å². The van der Waals surface area contributed by atoms with E-state index in [0.29, 0.717) is 36.9 Å². The minimum absolute atomic E-state index is 0.137. The molecule has 0 bridgehead atoms. The summed E-state index contributed by atoms with van der Waals surface area (Å²) >= 11 is 3.54. The second-order valence-electron chi connectivity index (χ2n) is 9.15. The molecule has 0 radical (unpaired) electrons. The van der Waals surface area contributed by atoms with Crippen molar-refractivity contribution in [1.29, 1.82) is 0 Å². The van der Waals surface area contributed by atoms with Crippen molar-refractivity contribution in [3.05, 3.63) is 91.6 Å². The molecule has 3 aliphatic heterocycles. The lowest BCUT2D eigenvalue weighted by Crippen LogP contribution is -2.32. The van der Waals surface area contributed by atoms with Crippen molar-refractivity contribution in [2.75, 3.05) is 13.5 Å². The number of halogens is 1. The lowest BCUT2D eigenvalue weighted by atomic mass is 9.99. The molecule has 0 N–H and O–H groups in total. The van der Waals surface area contributed by atoms with Gasteiger partial charge >= 0.3 is 0 Å². The van der Waals surface area contributed by atoms with Crippen molar-refractivity contribution in [3.63, 3.8) is 0 Å². The van der Waals surface area contributed by atoms with Crippen LogP contribution in [0.3, 0.4) is 0 Å². The van der Waals surface area contributed by atoms with E-state index in [2.05, 4.69) is 52.0 Å². The van der Waals surface area contributed by atoms with Gasteiger partial charge in [0.2, 0.25) is 5.78 Å². The summed E-state index contributed by atoms with van der Waals surface area (Å²) in [5.41, 5.74) is 6.59. The van der Waals surface area contributed by atoms with Crippen LogP contribution in [-0.4, -0.2) is 24.2 Å². The third-order valence-corrected chi connectivity index (χ3v) is 6.98. The van der Waals surface area contributed by atoms with Gasteiger partial charge in [-0.2, -0.15) is 0 Å². The number of fused-ring (bicyclic) bond motifs is 3. The number of aryl methyl sites for hydroxylation is 1. The van der Waals surface area contributed by atoms with Crippen molar-refractivity contribution >= 4 is 27.8 Å². The zero-order valence-corrected chi connectivity index (χ0v) is 21.1. The van der Waals surface area contributed by atoms with Crippen LogP contribution in [0.2, 0.25) is 0 Å². The van der Waals surface area contributed by atoms with Crippen LogP contribution in [-0.2, 0) is 24.4 Å². The van der Waals surface area contributed by atoms with E-state index < -0.39 is 0 Å². The number of carbonyl (C=O) groups is 1. The molecule has 7 heteroatoms. The van der Waals surface area contributed by atoms with Gasteiger partial charge in [-0.3, -0.25) is 9.69 Å². The van der Waals surface area contributed by atoms with Gasteiger partial charge in [0.1, 0.15) is 24.0 Å². The first-order valence-electron chi connectivity index (χ1n) is 11.5. The van der Waals surface area contributed by atoms with Crippen molar-refractivity contribution in [2.45, 2.75) is 33.5 Å². The first-order valence-corrected chi connectivity index (χ1v) is 12.3. The van der Waals surface area contributed by atoms with Crippen LogP contribution < -0.4 is 14.2 Å². The fourth-order valence-corrected chi connectivity index (χ4v) is 5.33. The van der Waals surface area contributed by atoms with Crippen LogP contribution >= 0.6 is 15.9 Å². The summed E-state index contributed by atoms with van der Waals surface area (Å²) in [6, 6.07) is 14.3. The van der Waals surface area contributed by atoms with Crippen LogP contribution in [0.25, 0.3) is 6.08 Å². The van der Waals surface area contributed by atoms with Gasteiger partial charge in [0.15, 0.2) is 12.6 Å². The minimum atomic E-state index is -0.137. The highest BCUT2D eigenvalue weighted by molar-refractivity contribution is 9.10. The highest BCUT2D eigenvalue weighted by atomic mass is 79.9. The van der Waals surface area contributed by atoms with Crippen LogP contribution in [0.4, 0.5) is 0 Å². The van der Waals surface area contributed by atoms with E-state index in [-0.39, 0.29) is 18.3 Å². The number of nitrogens with zero attached hydrogens (tertiary/aromatic N) is 1. The number of rotatable bonds is 3. The highest BCUT2D eigenvalue weighted by Crippen LogP contribution is 2.44. The van der Waals surface area contributed by atoms with Gasteiger partial charge in [-0.05, 0) is 43.7 Å². The molecule has 3 aromatic rings. The Balaban J connectivity index is 1.30. The first-order chi connectivity index (χ1) is 17.0. The Hall–Kier alpha value is -3.13. The van der Waals surface area contributed by atoms with Gasteiger partial charge in [0.05, 0.1) is 12.2 Å². The van der Waals surface area contributed by atoms with Crippen LogP contribution in [0.5, 0.6) is 17.2 Å². The third-order valence-electron chi connectivity index (χ3n) is 6.52. The van der Waals surface area contributed by atoms with E-state index in [1.807, 2.05) is 25.1 Å². The Morgan fingerprint density at radius 3 is 2.66 bits per heavy atom. The summed E-state index contributed by atoms with van der Waals surface area (Å²) in [7, 11) is 0. The number of hydrogen-bond donors (Lipinski definition) is 0. The normalized spacial score (nSPS) is 17.8. The quantitative estimate of drug-likeness (QED) is 0.390. The van der Waals surface area contributed by atoms with Crippen molar-refractivity contribution in [1.82, 2.24) is 4.90 Å². The molecule has 3 aromatic carbocycles. The standard InChI is InChI=1S/C28H24BrNO5/c1-16-3-5-18(6-4-16)11-30-12-20-9-23-25(31)24(35-27(23)17(2)26(20)33-14-30)10-19-7-22(29)8-21-13-32-15-34-28(19)21/h3-10H,11-15H2,1-2H3/b24-10-. The molecule has 0 fully saturated rings. The highest BCUT2D eigenvalue weighted by Gasteiger charge is 2.34. The maximum Gasteiger partial charge on any atom is 0.231 e. The molecule has 0 aromatic heterocycles. The first kappa shape index (κ1) is 22.3. The van der Waals surface area contributed by atoms with E-state index in [1.54, 1.807) is 6.08 Å². The Bertz CT molecular complexity index is 1380. The molecule has 0 amide bonds. The van der Waals surface area contributed by atoms with Gasteiger partial charge in [-0.15, -0.1) is 0 Å². The number of carbonyl (C=O) groups excluding carboxylic acids is 1. The number of ketones is 1. The van der Waals surface area contributed by atoms with E-state index in [0.717, 1.165) is 39.0 Å². The average Bonchev–Trinajstić information content (AvgIpc) is 3.16. The Kier molecular flexibility index (Phi) is 5.63. The fourth-order valence-electron chi connectivity index (χ4n) is 4.81. The maximum atomic E-state index is 13.4. The summed E-state index contributed by atoms with van der Waals surface area (Å²) < 4.78 is 24.2. The molecule has 178 valence electrons. The van der Waals surface area contributed by atoms with E-state index in [4.69, 9.17) is 18.9 Å². The molecule has 6 nitrogen and oxygen atoms in total. The molecule has 0 saturated carbocycles. The van der Waals surface area contributed by atoms with Crippen LogP contribution in [0, 0.1) is 13.8 Å². The third kappa shape index (κ3) is 4.14. The number of allylic oxidation sites excluding steroid dienone is 1. The molecule has 0 unspecified atom stereocenters. The smallest absolute Gasteiger partial charge is 0.231 e. The number of Topliss-reactive ketones (excluding diaryl/α,β-unsaturated/α-hetero) is 1. The zero-order chi connectivity index (χ0) is 24.1. The van der Waals surface area contributed by atoms with Gasteiger partial charge in [0, 0.05) is 39.8 Å². The largest absolute Gasteiger partial charge is 0.477 e. The molecule has 3 aliphatic rings. The van der Waals surface area contributed by atoms with Crippen molar-refractivity contribution in [2.24, 2.45) is 0 Å². The summed E-state index contributed by atoms with van der Waals surface area (Å²) in [5, 5.41) is 0. The zero-order valence-electron chi connectivity index (χ0n) is 19.5. The summed E-state index contributed by atoms with van der Waals surface area (Å²) in [6.07, 6.45) is 1.75. The van der Waals surface area contributed by atoms with E-state index in [9.17, 15) is 4.79 Å². The second kappa shape index (κ2) is 8.82. The molecule has 0 spiro atoms. The van der Waals surface area contributed by atoms with Crippen molar-refractivity contribution < 1.29 is 23.7 Å². The molecule has 0 saturated heterocycles. The van der Waals surface area contributed by atoms with Gasteiger partial charge in [-0.25, -0.2) is 0 Å². The SMILES string of the molecule is Cc1ccc(CN2COc3c(cc4c(c3C)O/C(=C\c3cc(Br)cc5c3OCOC5)C4=O)C2)cc1. The van der Waals surface area contributed by atoms with Gasteiger partial charge < -0.3 is 18.9 Å². The summed E-state index contributed by atoms with van der Waals surface area (Å²) in [5.74, 6) is 2.23. The number of hydrogen-bond acceptors (Lipinski definition) is 6. The summed E-state index contributed by atoms with van der Waals surface area (Å²) in [6.45, 7) is 6.65. The van der Waals surface area contributed by atoms with Crippen molar-refractivity contribution in [3.8, 4) is 17.2 Å². The maximum absolute atomic E-state index is 13.4.